The summed E-state index contributed by atoms with van der Waals surface area (Å²) in [4.78, 5) is 13.5. The molecule has 3 rings (SSSR count). The van der Waals surface area contributed by atoms with Crippen LogP contribution in [0.1, 0.15) is 25.3 Å². The van der Waals surface area contributed by atoms with Crippen molar-refractivity contribution in [2.75, 3.05) is 29.0 Å². The summed E-state index contributed by atoms with van der Waals surface area (Å²) >= 11 is 0. The Morgan fingerprint density at radius 1 is 1.47 bits per heavy atom. The zero-order valence-electron chi connectivity index (χ0n) is 11.1. The molecule has 1 aromatic rings. The van der Waals surface area contributed by atoms with Crippen molar-refractivity contribution in [2.45, 2.75) is 31.8 Å². The number of carbonyl (C=O) groups excluding carboxylic acids is 1. The Bertz CT molecular complexity index is 540. The average Bonchev–Trinajstić information content (AvgIpc) is 2.65. The van der Waals surface area contributed by atoms with Crippen molar-refractivity contribution < 1.29 is 9.90 Å². The Morgan fingerprint density at radius 3 is 3.00 bits per heavy atom. The number of fused-ring (bicyclic) bond motifs is 1. The molecule has 0 aromatic heterocycles. The van der Waals surface area contributed by atoms with Crippen LogP contribution in [0.5, 0.6) is 0 Å². The van der Waals surface area contributed by atoms with Gasteiger partial charge in [-0.15, -0.1) is 0 Å². The first-order chi connectivity index (χ1) is 8.94. The SMILES string of the molecule is CC1(O)CCCN(c2cc3c(cc2N)CC(=O)N3)C1. The lowest BCUT2D eigenvalue weighted by Crippen LogP contribution is -2.46. The quantitative estimate of drug-likeness (QED) is 0.662. The molecule has 1 aromatic carbocycles. The number of aliphatic hydroxyl groups is 1. The van der Waals surface area contributed by atoms with Gasteiger partial charge in [-0.1, -0.05) is 0 Å². The van der Waals surface area contributed by atoms with Crippen LogP contribution in [0.3, 0.4) is 0 Å². The first kappa shape index (κ1) is 12.3. The highest BCUT2D eigenvalue weighted by Gasteiger charge is 2.30. The predicted molar refractivity (Wildman–Crippen MR) is 75.3 cm³/mol. The molecule has 0 spiro atoms. The largest absolute Gasteiger partial charge is 0.397 e. The van der Waals surface area contributed by atoms with E-state index < -0.39 is 5.60 Å². The van der Waals surface area contributed by atoms with E-state index in [-0.39, 0.29) is 5.91 Å². The standard InChI is InChI=1S/C14H19N3O2/c1-14(19)3-2-4-17(8-14)12-7-11-9(5-10(12)15)6-13(18)16-11/h5,7,19H,2-4,6,8,15H2,1H3,(H,16,18). The zero-order valence-corrected chi connectivity index (χ0v) is 11.1. The van der Waals surface area contributed by atoms with Gasteiger partial charge in [-0.2, -0.15) is 0 Å². The molecule has 0 radical (unpaired) electrons. The lowest BCUT2D eigenvalue weighted by Gasteiger charge is -2.38. The molecule has 0 saturated carbocycles. The van der Waals surface area contributed by atoms with Crippen LogP contribution in [0.4, 0.5) is 17.1 Å². The van der Waals surface area contributed by atoms with E-state index in [0.717, 1.165) is 36.3 Å². The van der Waals surface area contributed by atoms with Gasteiger partial charge in [0, 0.05) is 18.8 Å². The lowest BCUT2D eigenvalue weighted by molar-refractivity contribution is -0.115. The minimum atomic E-state index is -0.674. The molecule has 0 aliphatic carbocycles. The van der Waals surface area contributed by atoms with Crippen molar-refractivity contribution >= 4 is 23.0 Å². The molecule has 5 heteroatoms. The monoisotopic (exact) mass is 261 g/mol. The number of piperidine rings is 1. The maximum Gasteiger partial charge on any atom is 0.228 e. The second kappa shape index (κ2) is 4.13. The molecule has 2 aliphatic heterocycles. The molecular weight excluding hydrogens is 242 g/mol. The molecule has 1 amide bonds. The van der Waals surface area contributed by atoms with Crippen LogP contribution in [0.2, 0.25) is 0 Å². The third-order valence-corrected chi connectivity index (χ3v) is 3.89. The number of hydrogen-bond donors (Lipinski definition) is 3. The molecule has 19 heavy (non-hydrogen) atoms. The summed E-state index contributed by atoms with van der Waals surface area (Å²) < 4.78 is 0. The highest BCUT2D eigenvalue weighted by Crippen LogP contribution is 2.36. The number of benzene rings is 1. The van der Waals surface area contributed by atoms with Crippen molar-refractivity contribution in [3.8, 4) is 0 Å². The van der Waals surface area contributed by atoms with Gasteiger partial charge in [-0.3, -0.25) is 4.79 Å². The molecule has 1 atom stereocenters. The van der Waals surface area contributed by atoms with E-state index in [1.807, 2.05) is 19.1 Å². The van der Waals surface area contributed by atoms with Crippen molar-refractivity contribution in [1.29, 1.82) is 0 Å². The lowest BCUT2D eigenvalue weighted by atomic mass is 9.94. The Kier molecular flexibility index (Phi) is 2.67. The van der Waals surface area contributed by atoms with Gasteiger partial charge in [0.15, 0.2) is 0 Å². The van der Waals surface area contributed by atoms with Gasteiger partial charge in [-0.05, 0) is 37.5 Å². The van der Waals surface area contributed by atoms with Crippen molar-refractivity contribution in [2.24, 2.45) is 0 Å². The van der Waals surface area contributed by atoms with E-state index in [0.29, 0.717) is 18.7 Å². The number of amides is 1. The second-order valence-corrected chi connectivity index (χ2v) is 5.82. The van der Waals surface area contributed by atoms with Gasteiger partial charge >= 0.3 is 0 Å². The van der Waals surface area contributed by atoms with Crippen LogP contribution in [0.15, 0.2) is 12.1 Å². The number of nitrogens with one attached hydrogen (secondary N) is 1. The predicted octanol–water partition coefficient (Wildman–Crippen LogP) is 1.11. The molecular formula is C14H19N3O2. The number of rotatable bonds is 1. The van der Waals surface area contributed by atoms with Crippen LogP contribution in [-0.2, 0) is 11.2 Å². The van der Waals surface area contributed by atoms with Crippen molar-refractivity contribution in [3.05, 3.63) is 17.7 Å². The Labute approximate surface area is 112 Å². The number of carbonyl (C=O) groups is 1. The Hall–Kier alpha value is -1.75. The zero-order chi connectivity index (χ0) is 13.6. The van der Waals surface area contributed by atoms with Gasteiger partial charge < -0.3 is 21.1 Å². The highest BCUT2D eigenvalue weighted by molar-refractivity contribution is 6.00. The number of nitrogens with two attached hydrogens (primary N) is 1. The number of anilines is 3. The minimum Gasteiger partial charge on any atom is -0.397 e. The number of hydrogen-bond acceptors (Lipinski definition) is 4. The summed E-state index contributed by atoms with van der Waals surface area (Å²) in [6.07, 6.45) is 2.15. The maximum absolute atomic E-state index is 11.4. The molecule has 102 valence electrons. The smallest absolute Gasteiger partial charge is 0.228 e. The minimum absolute atomic E-state index is 0.0113. The fraction of sp³-hybridized carbons (Fsp3) is 0.500. The fourth-order valence-corrected chi connectivity index (χ4v) is 2.98. The van der Waals surface area contributed by atoms with Crippen molar-refractivity contribution in [3.63, 3.8) is 0 Å². The maximum atomic E-state index is 11.4. The molecule has 1 saturated heterocycles. The summed E-state index contributed by atoms with van der Waals surface area (Å²) in [5.74, 6) is 0.0113. The van der Waals surface area contributed by atoms with E-state index in [1.54, 1.807) is 0 Å². The van der Waals surface area contributed by atoms with Crippen LogP contribution in [-0.4, -0.2) is 29.7 Å². The average molecular weight is 261 g/mol. The summed E-state index contributed by atoms with van der Waals surface area (Å²) in [7, 11) is 0. The summed E-state index contributed by atoms with van der Waals surface area (Å²) in [5.41, 5.74) is 8.80. The van der Waals surface area contributed by atoms with E-state index in [9.17, 15) is 9.90 Å². The highest BCUT2D eigenvalue weighted by atomic mass is 16.3. The molecule has 4 N–H and O–H groups in total. The topological polar surface area (TPSA) is 78.6 Å². The molecule has 5 nitrogen and oxygen atoms in total. The van der Waals surface area contributed by atoms with Gasteiger partial charge in [0.25, 0.3) is 0 Å². The van der Waals surface area contributed by atoms with E-state index in [2.05, 4.69) is 10.2 Å². The Balaban J connectivity index is 1.93. The molecule has 1 fully saturated rings. The van der Waals surface area contributed by atoms with Crippen LogP contribution in [0.25, 0.3) is 0 Å². The molecule has 0 bridgehead atoms. The molecule has 1 unspecified atom stereocenters. The van der Waals surface area contributed by atoms with E-state index in [4.69, 9.17) is 5.73 Å². The van der Waals surface area contributed by atoms with Crippen LogP contribution < -0.4 is 16.0 Å². The first-order valence-electron chi connectivity index (χ1n) is 6.64. The number of nitrogens with zero attached hydrogens (tertiary/aromatic N) is 1. The van der Waals surface area contributed by atoms with Crippen molar-refractivity contribution in [1.82, 2.24) is 0 Å². The van der Waals surface area contributed by atoms with Gasteiger partial charge in [-0.25, -0.2) is 0 Å². The first-order valence-corrected chi connectivity index (χ1v) is 6.64. The summed E-state index contributed by atoms with van der Waals surface area (Å²) in [5, 5.41) is 13.0. The van der Waals surface area contributed by atoms with E-state index >= 15 is 0 Å². The normalized spacial score (nSPS) is 26.2. The summed E-state index contributed by atoms with van der Waals surface area (Å²) in [6.45, 7) is 3.31. The molecule has 2 aliphatic rings. The number of β-amino-alcohol motifs (C(OH)–C–C–N with tert-alkyl or cyclic N) is 1. The van der Waals surface area contributed by atoms with Crippen LogP contribution in [0, 0.1) is 0 Å². The fourth-order valence-electron chi connectivity index (χ4n) is 2.98. The van der Waals surface area contributed by atoms with Gasteiger partial charge in [0.05, 0.1) is 23.4 Å². The second-order valence-electron chi connectivity index (χ2n) is 5.82. The Morgan fingerprint density at radius 2 is 2.26 bits per heavy atom. The third-order valence-electron chi connectivity index (χ3n) is 3.89. The summed E-state index contributed by atoms with van der Waals surface area (Å²) in [6, 6.07) is 3.79. The van der Waals surface area contributed by atoms with Crippen LogP contribution >= 0.6 is 0 Å². The third kappa shape index (κ3) is 2.26. The van der Waals surface area contributed by atoms with Gasteiger partial charge in [0.1, 0.15) is 0 Å². The molecule has 2 heterocycles. The number of nitrogen functional groups attached to an aromatic ring is 1. The van der Waals surface area contributed by atoms with E-state index in [1.165, 1.54) is 0 Å². The van der Waals surface area contributed by atoms with Gasteiger partial charge in [0.2, 0.25) is 5.91 Å².